The van der Waals surface area contributed by atoms with Gasteiger partial charge in [-0.05, 0) is 6.07 Å². The zero-order valence-corrected chi connectivity index (χ0v) is 13.3. The number of carbonyl (C=O) groups excluding carboxylic acids is 1. The molecule has 2 N–H and O–H groups in total. The standard InChI is InChI=1S/C11H14N6O5S/c1-17-9(4-5-12-17)23(19,20)16-11(18)15-10-13-7(21-2)6-8(14-10)22-3/h4-6H,1-3H3,(H2,13,14,15,16,18). The molecule has 2 aromatic rings. The number of urea groups is 1. The molecule has 23 heavy (non-hydrogen) atoms. The number of ether oxygens (including phenoxy) is 2. The first-order valence-corrected chi connectivity index (χ1v) is 7.63. The Morgan fingerprint density at radius 2 is 1.83 bits per heavy atom. The van der Waals surface area contributed by atoms with Crippen molar-refractivity contribution in [3.05, 3.63) is 18.3 Å². The third-order valence-electron chi connectivity index (χ3n) is 2.60. The van der Waals surface area contributed by atoms with Gasteiger partial charge in [-0.2, -0.15) is 23.5 Å². The maximum atomic E-state index is 12.0. The van der Waals surface area contributed by atoms with Gasteiger partial charge in [0.15, 0.2) is 5.03 Å². The molecule has 0 fully saturated rings. The highest BCUT2D eigenvalue weighted by atomic mass is 32.2. The van der Waals surface area contributed by atoms with Gasteiger partial charge < -0.3 is 9.47 Å². The molecule has 0 saturated heterocycles. The number of nitrogens with zero attached hydrogens (tertiary/aromatic N) is 4. The topological polar surface area (TPSA) is 137 Å². The molecule has 0 aliphatic heterocycles. The minimum Gasteiger partial charge on any atom is -0.481 e. The number of amides is 2. The van der Waals surface area contributed by atoms with Gasteiger partial charge in [-0.3, -0.25) is 10.00 Å². The number of aryl methyl sites for hydroxylation is 1. The van der Waals surface area contributed by atoms with Crippen LogP contribution < -0.4 is 19.5 Å². The monoisotopic (exact) mass is 342 g/mol. The van der Waals surface area contributed by atoms with Crippen LogP contribution in [0.3, 0.4) is 0 Å². The van der Waals surface area contributed by atoms with Gasteiger partial charge in [-0.25, -0.2) is 9.52 Å². The van der Waals surface area contributed by atoms with E-state index >= 15 is 0 Å². The fourth-order valence-corrected chi connectivity index (χ4v) is 2.63. The third kappa shape index (κ3) is 3.85. The van der Waals surface area contributed by atoms with E-state index in [0.717, 1.165) is 4.68 Å². The second kappa shape index (κ2) is 6.48. The largest absolute Gasteiger partial charge is 0.481 e. The fraction of sp³-hybridized carbons (Fsp3) is 0.273. The van der Waals surface area contributed by atoms with Crippen molar-refractivity contribution < 1.29 is 22.7 Å². The van der Waals surface area contributed by atoms with Crippen molar-refractivity contribution in [1.29, 1.82) is 0 Å². The maximum absolute atomic E-state index is 12.0. The van der Waals surface area contributed by atoms with E-state index < -0.39 is 16.1 Å². The van der Waals surface area contributed by atoms with Crippen LogP contribution in [-0.2, 0) is 17.1 Å². The van der Waals surface area contributed by atoms with E-state index in [4.69, 9.17) is 9.47 Å². The van der Waals surface area contributed by atoms with Crippen molar-refractivity contribution in [2.45, 2.75) is 5.03 Å². The highest BCUT2D eigenvalue weighted by Gasteiger charge is 2.21. The lowest BCUT2D eigenvalue weighted by Gasteiger charge is -2.09. The molecule has 0 aliphatic rings. The highest BCUT2D eigenvalue weighted by molar-refractivity contribution is 7.90. The Kier molecular flexibility index (Phi) is 4.64. The minimum absolute atomic E-state index is 0.140. The molecule has 11 nitrogen and oxygen atoms in total. The number of rotatable bonds is 5. The summed E-state index contributed by atoms with van der Waals surface area (Å²) >= 11 is 0. The Morgan fingerprint density at radius 3 is 2.30 bits per heavy atom. The Morgan fingerprint density at radius 1 is 1.22 bits per heavy atom. The van der Waals surface area contributed by atoms with Crippen molar-refractivity contribution >= 4 is 22.0 Å². The lowest BCUT2D eigenvalue weighted by atomic mass is 10.6. The molecule has 0 atom stereocenters. The fourth-order valence-electron chi connectivity index (χ4n) is 1.60. The van der Waals surface area contributed by atoms with Gasteiger partial charge in [0.05, 0.1) is 26.5 Å². The van der Waals surface area contributed by atoms with Crippen molar-refractivity contribution in [3.63, 3.8) is 0 Å². The highest BCUT2D eigenvalue weighted by Crippen LogP contribution is 2.17. The van der Waals surface area contributed by atoms with Crippen LogP contribution in [0, 0.1) is 0 Å². The van der Waals surface area contributed by atoms with Gasteiger partial charge in [0.1, 0.15) is 0 Å². The molecule has 124 valence electrons. The van der Waals surface area contributed by atoms with Gasteiger partial charge >= 0.3 is 6.03 Å². The third-order valence-corrected chi connectivity index (χ3v) is 4.01. The van der Waals surface area contributed by atoms with Crippen LogP contribution in [0.25, 0.3) is 0 Å². The van der Waals surface area contributed by atoms with Crippen LogP contribution in [0.2, 0.25) is 0 Å². The van der Waals surface area contributed by atoms with Crippen LogP contribution in [0.5, 0.6) is 11.8 Å². The summed E-state index contributed by atoms with van der Waals surface area (Å²) in [6, 6.07) is 1.61. The summed E-state index contributed by atoms with van der Waals surface area (Å²) in [4.78, 5) is 19.5. The number of carbonyl (C=O) groups is 1. The second-order valence-electron chi connectivity index (χ2n) is 4.13. The lowest BCUT2D eigenvalue weighted by molar-refractivity contribution is 0.256. The van der Waals surface area contributed by atoms with Crippen LogP contribution in [0.4, 0.5) is 10.7 Å². The normalized spacial score (nSPS) is 10.9. The number of aromatic nitrogens is 4. The molecule has 2 heterocycles. The van der Waals surface area contributed by atoms with E-state index in [1.807, 2.05) is 4.72 Å². The zero-order chi connectivity index (χ0) is 17.0. The van der Waals surface area contributed by atoms with Crippen LogP contribution in [-0.4, -0.2) is 48.4 Å². The molecule has 2 rings (SSSR count). The molecule has 0 radical (unpaired) electrons. The Labute approximate surface area is 131 Å². The van der Waals surface area contributed by atoms with E-state index in [1.165, 1.54) is 39.6 Å². The van der Waals surface area contributed by atoms with Crippen molar-refractivity contribution in [1.82, 2.24) is 24.5 Å². The lowest BCUT2D eigenvalue weighted by Crippen LogP contribution is -2.35. The van der Waals surface area contributed by atoms with Crippen LogP contribution >= 0.6 is 0 Å². The number of sulfonamides is 1. The molecule has 0 aromatic carbocycles. The number of methoxy groups -OCH3 is 2. The number of hydrogen-bond acceptors (Lipinski definition) is 8. The van der Waals surface area contributed by atoms with E-state index in [2.05, 4.69) is 20.4 Å². The molecule has 2 aromatic heterocycles. The minimum atomic E-state index is -4.08. The van der Waals surface area contributed by atoms with Crippen LogP contribution in [0.1, 0.15) is 0 Å². The predicted molar refractivity (Wildman–Crippen MR) is 77.7 cm³/mol. The molecule has 0 aliphatic carbocycles. The molecule has 12 heteroatoms. The average molecular weight is 342 g/mol. The summed E-state index contributed by atoms with van der Waals surface area (Å²) in [7, 11) is 0.102. The first-order chi connectivity index (χ1) is 10.9. The van der Waals surface area contributed by atoms with Gasteiger partial charge in [0.2, 0.25) is 17.7 Å². The second-order valence-corrected chi connectivity index (χ2v) is 5.76. The quantitative estimate of drug-likeness (QED) is 0.758. The summed E-state index contributed by atoms with van der Waals surface area (Å²) in [5.41, 5.74) is 0. The van der Waals surface area contributed by atoms with Crippen molar-refractivity contribution in [3.8, 4) is 11.8 Å². The van der Waals surface area contributed by atoms with E-state index in [1.54, 1.807) is 0 Å². The SMILES string of the molecule is COc1cc(OC)nc(NC(=O)NS(=O)(=O)c2ccnn2C)n1. The van der Waals surface area contributed by atoms with Crippen molar-refractivity contribution in [2.75, 3.05) is 19.5 Å². The molecule has 0 saturated carbocycles. The zero-order valence-electron chi connectivity index (χ0n) is 12.5. The molecular formula is C11H14N6O5S. The Hall–Kier alpha value is -2.89. The summed E-state index contributed by atoms with van der Waals surface area (Å²) in [5.74, 6) is 0.0992. The molecular weight excluding hydrogens is 328 g/mol. The van der Waals surface area contributed by atoms with E-state index in [0.29, 0.717) is 0 Å². The summed E-state index contributed by atoms with van der Waals surface area (Å²) in [5, 5.41) is 5.75. The summed E-state index contributed by atoms with van der Waals surface area (Å²) in [6.45, 7) is 0. The maximum Gasteiger partial charge on any atom is 0.335 e. The van der Waals surface area contributed by atoms with Gasteiger partial charge in [-0.15, -0.1) is 0 Å². The van der Waals surface area contributed by atoms with Crippen LogP contribution in [0.15, 0.2) is 23.4 Å². The number of anilines is 1. The van der Waals surface area contributed by atoms with E-state index in [9.17, 15) is 13.2 Å². The first-order valence-electron chi connectivity index (χ1n) is 6.14. The summed E-state index contributed by atoms with van der Waals surface area (Å²) < 4.78 is 36.9. The van der Waals surface area contributed by atoms with Gasteiger partial charge in [0, 0.05) is 7.05 Å². The molecule has 2 amide bonds. The molecule has 0 unspecified atom stereocenters. The molecule has 0 spiro atoms. The molecule has 0 bridgehead atoms. The number of nitrogens with one attached hydrogen (secondary N) is 2. The van der Waals surface area contributed by atoms with Gasteiger partial charge in [0.25, 0.3) is 10.0 Å². The Balaban J connectivity index is 2.15. The predicted octanol–water partition coefficient (Wildman–Crippen LogP) is -0.262. The Bertz CT molecular complexity index is 796. The smallest absolute Gasteiger partial charge is 0.335 e. The van der Waals surface area contributed by atoms with Gasteiger partial charge in [-0.1, -0.05) is 0 Å². The number of hydrogen-bond donors (Lipinski definition) is 2. The van der Waals surface area contributed by atoms with E-state index in [-0.39, 0.29) is 22.7 Å². The van der Waals surface area contributed by atoms with Crippen molar-refractivity contribution in [2.24, 2.45) is 7.05 Å². The first kappa shape index (κ1) is 16.5. The average Bonchev–Trinajstić information content (AvgIpc) is 2.93. The summed E-state index contributed by atoms with van der Waals surface area (Å²) in [6.07, 6.45) is 1.29.